The van der Waals surface area contributed by atoms with Crippen molar-refractivity contribution < 1.29 is 9.59 Å². The fraction of sp³-hybridized carbons (Fsp3) is 0.500. The van der Waals surface area contributed by atoms with Crippen LogP contribution < -0.4 is 16.4 Å². The lowest BCUT2D eigenvalue weighted by atomic mass is 10.1. The number of hydrogen-bond acceptors (Lipinski definition) is 3. The van der Waals surface area contributed by atoms with Gasteiger partial charge in [-0.15, -0.1) is 12.4 Å². The van der Waals surface area contributed by atoms with E-state index in [1.807, 2.05) is 25.1 Å². The quantitative estimate of drug-likeness (QED) is 0.769. The van der Waals surface area contributed by atoms with Crippen molar-refractivity contribution in [3.05, 3.63) is 35.4 Å². The Kier molecular flexibility index (Phi) is 7.35. The predicted octanol–water partition coefficient (Wildman–Crippen LogP) is 1.60. The number of nitrogens with two attached hydrogens (primary N) is 1. The van der Waals surface area contributed by atoms with Crippen LogP contribution in [-0.4, -0.2) is 24.4 Å². The summed E-state index contributed by atoms with van der Waals surface area (Å²) in [6, 6.07) is 7.47. The smallest absolute Gasteiger partial charge is 0.251 e. The van der Waals surface area contributed by atoms with Gasteiger partial charge in [-0.1, -0.05) is 12.1 Å². The second kappa shape index (κ2) is 8.76. The number of halogens is 1. The third-order valence-corrected chi connectivity index (χ3v) is 3.84. The van der Waals surface area contributed by atoms with Crippen molar-refractivity contribution in [3.63, 3.8) is 0 Å². The molecule has 2 amide bonds. The molecule has 1 fully saturated rings. The lowest BCUT2D eigenvalue weighted by Crippen LogP contribution is -2.30. The van der Waals surface area contributed by atoms with Crippen LogP contribution in [0.2, 0.25) is 0 Å². The Morgan fingerprint density at radius 3 is 2.68 bits per heavy atom. The predicted molar refractivity (Wildman–Crippen MR) is 88.9 cm³/mol. The van der Waals surface area contributed by atoms with Crippen LogP contribution in [0.25, 0.3) is 0 Å². The molecule has 2 atom stereocenters. The van der Waals surface area contributed by atoms with Gasteiger partial charge in [0.2, 0.25) is 5.91 Å². The fourth-order valence-corrected chi connectivity index (χ4v) is 2.67. The molecule has 0 aromatic heterocycles. The normalized spacial score (nSPS) is 20.1. The van der Waals surface area contributed by atoms with E-state index in [2.05, 4.69) is 10.6 Å². The number of carbonyl (C=O) groups is 2. The lowest BCUT2D eigenvalue weighted by Gasteiger charge is -2.11. The molecule has 1 aromatic carbocycles. The highest BCUT2D eigenvalue weighted by Gasteiger charge is 2.27. The van der Waals surface area contributed by atoms with E-state index in [1.54, 1.807) is 6.07 Å². The zero-order valence-corrected chi connectivity index (χ0v) is 13.6. The molecule has 1 aliphatic rings. The topological polar surface area (TPSA) is 84.2 Å². The van der Waals surface area contributed by atoms with E-state index in [9.17, 15) is 9.59 Å². The van der Waals surface area contributed by atoms with Gasteiger partial charge in [-0.05, 0) is 43.9 Å². The van der Waals surface area contributed by atoms with Crippen molar-refractivity contribution >= 4 is 24.2 Å². The Morgan fingerprint density at radius 2 is 2.05 bits per heavy atom. The number of amides is 2. The highest BCUT2D eigenvalue weighted by Crippen LogP contribution is 2.24. The van der Waals surface area contributed by atoms with E-state index in [0.29, 0.717) is 18.7 Å². The molecule has 122 valence electrons. The highest BCUT2D eigenvalue weighted by molar-refractivity contribution is 5.94. The van der Waals surface area contributed by atoms with E-state index >= 15 is 0 Å². The van der Waals surface area contributed by atoms with Crippen LogP contribution in [0, 0.1) is 5.92 Å². The van der Waals surface area contributed by atoms with Gasteiger partial charge in [0.05, 0.1) is 0 Å². The Labute approximate surface area is 137 Å². The molecule has 1 aromatic rings. The van der Waals surface area contributed by atoms with Gasteiger partial charge in [0, 0.05) is 30.6 Å². The van der Waals surface area contributed by atoms with Crippen LogP contribution in [0.4, 0.5) is 0 Å². The molecule has 0 spiro atoms. The SMILES string of the molecule is CCNC(=O)c1cccc(CNC(=O)C2CCC(N)C2)c1.Cl. The molecule has 2 rings (SSSR count). The van der Waals surface area contributed by atoms with Gasteiger partial charge in [0.15, 0.2) is 0 Å². The fourth-order valence-electron chi connectivity index (χ4n) is 2.67. The average Bonchev–Trinajstić information content (AvgIpc) is 2.92. The molecule has 1 aliphatic carbocycles. The molecular weight excluding hydrogens is 302 g/mol. The van der Waals surface area contributed by atoms with Gasteiger partial charge < -0.3 is 16.4 Å². The van der Waals surface area contributed by atoms with E-state index < -0.39 is 0 Å². The molecule has 0 aliphatic heterocycles. The van der Waals surface area contributed by atoms with Gasteiger partial charge in [0.25, 0.3) is 5.91 Å². The minimum absolute atomic E-state index is 0. The minimum Gasteiger partial charge on any atom is -0.352 e. The zero-order chi connectivity index (χ0) is 15.2. The largest absolute Gasteiger partial charge is 0.352 e. The van der Waals surface area contributed by atoms with Crippen LogP contribution in [0.5, 0.6) is 0 Å². The summed E-state index contributed by atoms with van der Waals surface area (Å²) in [5, 5.41) is 5.70. The molecule has 0 saturated heterocycles. The Balaban J connectivity index is 0.00000242. The maximum atomic E-state index is 12.0. The van der Waals surface area contributed by atoms with Gasteiger partial charge in [-0.25, -0.2) is 0 Å². The van der Waals surface area contributed by atoms with Gasteiger partial charge in [0.1, 0.15) is 0 Å². The van der Waals surface area contributed by atoms with Gasteiger partial charge in [-0.2, -0.15) is 0 Å². The first kappa shape index (κ1) is 18.5. The van der Waals surface area contributed by atoms with Crippen LogP contribution in [0.15, 0.2) is 24.3 Å². The van der Waals surface area contributed by atoms with Crippen LogP contribution in [0.3, 0.4) is 0 Å². The molecule has 4 N–H and O–H groups in total. The number of carbonyl (C=O) groups excluding carboxylic acids is 2. The standard InChI is InChI=1S/C16H23N3O2.ClH/c1-2-18-15(20)12-5-3-4-11(8-12)10-19-16(21)13-6-7-14(17)9-13;/h3-5,8,13-14H,2,6-7,9-10,17H2,1H3,(H,18,20)(H,19,21);1H. The maximum Gasteiger partial charge on any atom is 0.251 e. The summed E-state index contributed by atoms with van der Waals surface area (Å²) < 4.78 is 0. The first-order chi connectivity index (χ1) is 10.1. The molecule has 6 heteroatoms. The maximum absolute atomic E-state index is 12.0. The second-order valence-electron chi connectivity index (χ2n) is 5.55. The van der Waals surface area contributed by atoms with E-state index in [0.717, 1.165) is 24.8 Å². The lowest BCUT2D eigenvalue weighted by molar-refractivity contribution is -0.125. The Bertz CT molecular complexity index is 522. The summed E-state index contributed by atoms with van der Waals surface area (Å²) >= 11 is 0. The van der Waals surface area contributed by atoms with Gasteiger partial charge in [-0.3, -0.25) is 9.59 Å². The van der Waals surface area contributed by atoms with Crippen molar-refractivity contribution in [1.29, 1.82) is 0 Å². The molecule has 2 unspecified atom stereocenters. The van der Waals surface area contributed by atoms with Crippen LogP contribution in [0.1, 0.15) is 42.1 Å². The van der Waals surface area contributed by atoms with Gasteiger partial charge >= 0.3 is 0 Å². The van der Waals surface area contributed by atoms with Crippen molar-refractivity contribution in [1.82, 2.24) is 10.6 Å². The van der Waals surface area contributed by atoms with Crippen molar-refractivity contribution in [2.24, 2.45) is 11.7 Å². The molecule has 1 saturated carbocycles. The summed E-state index contributed by atoms with van der Waals surface area (Å²) in [5.74, 6) is 0.00498. The minimum atomic E-state index is -0.0903. The third kappa shape index (κ3) is 5.00. The molecule has 0 heterocycles. The molecular formula is C16H24ClN3O2. The monoisotopic (exact) mass is 325 g/mol. The molecule has 0 bridgehead atoms. The summed E-state index contributed by atoms with van der Waals surface area (Å²) in [7, 11) is 0. The first-order valence-corrected chi connectivity index (χ1v) is 7.50. The van der Waals surface area contributed by atoms with Crippen LogP contribution in [-0.2, 0) is 11.3 Å². The number of rotatable bonds is 5. The van der Waals surface area contributed by atoms with E-state index in [1.165, 1.54) is 0 Å². The van der Waals surface area contributed by atoms with E-state index in [-0.39, 0.29) is 36.2 Å². The third-order valence-electron chi connectivity index (χ3n) is 3.84. The summed E-state index contributed by atoms with van der Waals surface area (Å²) in [6.07, 6.45) is 2.56. The average molecular weight is 326 g/mol. The van der Waals surface area contributed by atoms with Crippen molar-refractivity contribution in [3.8, 4) is 0 Å². The first-order valence-electron chi connectivity index (χ1n) is 7.50. The molecule has 22 heavy (non-hydrogen) atoms. The molecule has 0 radical (unpaired) electrons. The van der Waals surface area contributed by atoms with Crippen LogP contribution >= 0.6 is 12.4 Å². The highest BCUT2D eigenvalue weighted by atomic mass is 35.5. The Hall–Kier alpha value is -1.59. The number of benzene rings is 1. The zero-order valence-electron chi connectivity index (χ0n) is 12.8. The Morgan fingerprint density at radius 1 is 1.27 bits per heavy atom. The second-order valence-corrected chi connectivity index (χ2v) is 5.55. The number of hydrogen-bond donors (Lipinski definition) is 3. The summed E-state index contributed by atoms with van der Waals surface area (Å²) in [5.41, 5.74) is 7.37. The number of nitrogens with one attached hydrogen (secondary N) is 2. The van der Waals surface area contributed by atoms with E-state index in [4.69, 9.17) is 5.73 Å². The summed E-state index contributed by atoms with van der Waals surface area (Å²) in [4.78, 5) is 23.8. The molecule has 5 nitrogen and oxygen atoms in total. The van der Waals surface area contributed by atoms with Crippen molar-refractivity contribution in [2.75, 3.05) is 6.54 Å². The van der Waals surface area contributed by atoms with Crippen molar-refractivity contribution in [2.45, 2.75) is 38.8 Å². The summed E-state index contributed by atoms with van der Waals surface area (Å²) in [6.45, 7) is 2.92.